The Bertz CT molecular complexity index is 116. The van der Waals surface area contributed by atoms with Crippen molar-refractivity contribution in [2.45, 2.75) is 33.2 Å². The molecule has 0 bridgehead atoms. The van der Waals surface area contributed by atoms with Gasteiger partial charge in [-0.1, -0.05) is 20.8 Å². The van der Waals surface area contributed by atoms with Crippen LogP contribution in [0.3, 0.4) is 0 Å². The minimum atomic E-state index is 0.00231. The first-order chi connectivity index (χ1) is 3.98. The highest BCUT2D eigenvalue weighted by atomic mass is 14.7. The Morgan fingerprint density at radius 2 is 2.00 bits per heavy atom. The highest BCUT2D eigenvalue weighted by Crippen LogP contribution is 2.18. The molecule has 0 aliphatic heterocycles. The van der Waals surface area contributed by atoms with Gasteiger partial charge in [-0.05, 0) is 5.41 Å². The monoisotopic (exact) mass is 126 g/mol. The summed E-state index contributed by atoms with van der Waals surface area (Å²) in [5, 5.41) is 8.27. The molecule has 0 aromatic heterocycles. The van der Waals surface area contributed by atoms with Crippen molar-refractivity contribution in [3.63, 3.8) is 0 Å². The quantitative estimate of drug-likeness (QED) is 0.575. The fraction of sp³-hybridized carbons (Fsp3) is 0.857. The predicted molar refractivity (Wildman–Crippen MR) is 37.7 cm³/mol. The van der Waals surface area contributed by atoms with Crippen molar-refractivity contribution in [1.82, 2.24) is 0 Å². The van der Waals surface area contributed by atoms with Crippen LogP contribution in [-0.4, -0.2) is 6.04 Å². The molecule has 0 spiro atoms. The smallest absolute Gasteiger partial charge is 0.0638 e. The van der Waals surface area contributed by atoms with Crippen LogP contribution in [0, 0.1) is 16.7 Å². The zero-order chi connectivity index (χ0) is 7.49. The molecule has 0 rings (SSSR count). The van der Waals surface area contributed by atoms with Gasteiger partial charge in [0.05, 0.1) is 12.5 Å². The van der Waals surface area contributed by atoms with Gasteiger partial charge in [0.1, 0.15) is 0 Å². The summed E-state index contributed by atoms with van der Waals surface area (Å²) in [6.45, 7) is 6.11. The van der Waals surface area contributed by atoms with Crippen molar-refractivity contribution in [3.8, 4) is 6.07 Å². The number of nitrogens with zero attached hydrogens (tertiary/aromatic N) is 1. The molecule has 0 aliphatic rings. The van der Waals surface area contributed by atoms with E-state index in [1.165, 1.54) is 0 Å². The predicted octanol–water partition coefficient (Wildman–Crippen LogP) is 1.27. The van der Waals surface area contributed by atoms with Gasteiger partial charge in [0.2, 0.25) is 0 Å². The lowest BCUT2D eigenvalue weighted by Crippen LogP contribution is -2.34. The molecule has 0 amide bonds. The van der Waals surface area contributed by atoms with Gasteiger partial charge in [-0.15, -0.1) is 0 Å². The molecule has 9 heavy (non-hydrogen) atoms. The second-order valence-corrected chi connectivity index (χ2v) is 3.33. The summed E-state index contributed by atoms with van der Waals surface area (Å²) >= 11 is 0. The summed E-state index contributed by atoms with van der Waals surface area (Å²) in [5.74, 6) is 0. The third-order valence-electron chi connectivity index (χ3n) is 1.42. The maximum absolute atomic E-state index is 8.27. The molecule has 0 aromatic rings. The van der Waals surface area contributed by atoms with Crippen molar-refractivity contribution < 1.29 is 0 Å². The van der Waals surface area contributed by atoms with Gasteiger partial charge < -0.3 is 5.73 Å². The van der Waals surface area contributed by atoms with E-state index < -0.39 is 0 Å². The van der Waals surface area contributed by atoms with Gasteiger partial charge in [0, 0.05) is 6.04 Å². The molecule has 0 saturated carbocycles. The minimum Gasteiger partial charge on any atom is -0.326 e. The minimum absolute atomic E-state index is 0.00231. The Labute approximate surface area is 56.7 Å². The van der Waals surface area contributed by atoms with Gasteiger partial charge in [-0.25, -0.2) is 0 Å². The average molecular weight is 126 g/mol. The molecule has 0 fully saturated rings. The van der Waals surface area contributed by atoms with Crippen LogP contribution in [0.1, 0.15) is 27.2 Å². The Morgan fingerprint density at radius 3 is 2.11 bits per heavy atom. The fourth-order valence-corrected chi connectivity index (χ4v) is 0.405. The maximum Gasteiger partial charge on any atom is 0.0638 e. The normalized spacial score (nSPS) is 14.6. The zero-order valence-electron chi connectivity index (χ0n) is 6.31. The summed E-state index contributed by atoms with van der Waals surface area (Å²) in [5.41, 5.74) is 5.70. The van der Waals surface area contributed by atoms with Crippen molar-refractivity contribution in [2.75, 3.05) is 0 Å². The molecular weight excluding hydrogens is 112 g/mol. The molecule has 0 saturated heterocycles. The van der Waals surface area contributed by atoms with Crippen LogP contribution in [-0.2, 0) is 0 Å². The molecule has 0 aliphatic carbocycles. The number of hydrogen-bond acceptors (Lipinski definition) is 2. The van der Waals surface area contributed by atoms with E-state index in [0.717, 1.165) is 0 Å². The highest BCUT2D eigenvalue weighted by molar-refractivity contribution is 4.85. The molecule has 0 aromatic carbocycles. The lowest BCUT2D eigenvalue weighted by atomic mass is 9.86. The molecule has 2 N–H and O–H groups in total. The van der Waals surface area contributed by atoms with Gasteiger partial charge in [-0.3, -0.25) is 0 Å². The van der Waals surface area contributed by atoms with E-state index >= 15 is 0 Å². The zero-order valence-corrected chi connectivity index (χ0v) is 6.31. The van der Waals surface area contributed by atoms with Crippen LogP contribution in [0.4, 0.5) is 0 Å². The third kappa shape index (κ3) is 3.10. The second kappa shape index (κ2) is 2.84. The Morgan fingerprint density at radius 1 is 1.56 bits per heavy atom. The van der Waals surface area contributed by atoms with E-state index in [4.69, 9.17) is 11.0 Å². The van der Waals surface area contributed by atoms with E-state index in [-0.39, 0.29) is 11.5 Å². The first-order valence-electron chi connectivity index (χ1n) is 3.11. The molecule has 2 heteroatoms. The standard InChI is InChI=1S/C7H14N2/c1-7(2,3)6(9)4-5-8/h6H,4,9H2,1-3H3/t6-/m1/s1. The lowest BCUT2D eigenvalue weighted by molar-refractivity contribution is 0.324. The van der Waals surface area contributed by atoms with Crippen molar-refractivity contribution in [1.29, 1.82) is 5.26 Å². The summed E-state index contributed by atoms with van der Waals surface area (Å²) in [6, 6.07) is 2.05. The maximum atomic E-state index is 8.27. The molecular formula is C7H14N2. The summed E-state index contributed by atoms with van der Waals surface area (Å²) in [6.07, 6.45) is 0.448. The lowest BCUT2D eigenvalue weighted by Gasteiger charge is -2.24. The number of nitrogens with two attached hydrogens (primary N) is 1. The Hall–Kier alpha value is -0.550. The van der Waals surface area contributed by atoms with E-state index in [1.54, 1.807) is 0 Å². The van der Waals surface area contributed by atoms with E-state index in [9.17, 15) is 0 Å². The van der Waals surface area contributed by atoms with Crippen LogP contribution < -0.4 is 5.73 Å². The number of nitriles is 1. The van der Waals surface area contributed by atoms with Crippen molar-refractivity contribution in [2.24, 2.45) is 11.1 Å². The third-order valence-corrected chi connectivity index (χ3v) is 1.42. The van der Waals surface area contributed by atoms with Crippen LogP contribution in [0.15, 0.2) is 0 Å². The fourth-order valence-electron chi connectivity index (χ4n) is 0.405. The van der Waals surface area contributed by atoms with E-state index in [0.29, 0.717) is 6.42 Å². The van der Waals surface area contributed by atoms with E-state index in [1.807, 2.05) is 26.8 Å². The summed E-state index contributed by atoms with van der Waals surface area (Å²) in [7, 11) is 0. The molecule has 52 valence electrons. The molecule has 1 atom stereocenters. The topological polar surface area (TPSA) is 49.8 Å². The number of rotatable bonds is 1. The summed E-state index contributed by atoms with van der Waals surface area (Å²) in [4.78, 5) is 0. The van der Waals surface area contributed by atoms with Gasteiger partial charge in [0.15, 0.2) is 0 Å². The second-order valence-electron chi connectivity index (χ2n) is 3.33. The molecule has 0 radical (unpaired) electrons. The van der Waals surface area contributed by atoms with Crippen molar-refractivity contribution >= 4 is 0 Å². The highest BCUT2D eigenvalue weighted by Gasteiger charge is 2.19. The first kappa shape index (κ1) is 8.45. The van der Waals surface area contributed by atoms with Gasteiger partial charge >= 0.3 is 0 Å². The van der Waals surface area contributed by atoms with Crippen LogP contribution >= 0.6 is 0 Å². The van der Waals surface area contributed by atoms with Gasteiger partial charge in [-0.2, -0.15) is 5.26 Å². The van der Waals surface area contributed by atoms with Gasteiger partial charge in [0.25, 0.3) is 0 Å². The molecule has 0 heterocycles. The van der Waals surface area contributed by atoms with Crippen LogP contribution in [0.5, 0.6) is 0 Å². The first-order valence-corrected chi connectivity index (χ1v) is 3.11. The Balaban J connectivity index is 3.76. The van der Waals surface area contributed by atoms with E-state index in [2.05, 4.69) is 0 Å². The number of hydrogen-bond donors (Lipinski definition) is 1. The van der Waals surface area contributed by atoms with Crippen LogP contribution in [0.2, 0.25) is 0 Å². The Kier molecular flexibility index (Phi) is 2.66. The van der Waals surface area contributed by atoms with Crippen LogP contribution in [0.25, 0.3) is 0 Å². The largest absolute Gasteiger partial charge is 0.326 e. The SMILES string of the molecule is CC(C)(C)[C@H](N)CC#N. The average Bonchev–Trinajstić information content (AvgIpc) is 1.64. The summed E-state index contributed by atoms with van der Waals surface area (Å²) < 4.78 is 0. The van der Waals surface area contributed by atoms with Crippen molar-refractivity contribution in [3.05, 3.63) is 0 Å². The molecule has 0 unspecified atom stereocenters. The molecule has 2 nitrogen and oxygen atoms in total.